The average Bonchev–Trinajstić information content (AvgIpc) is 4.16. The van der Waals surface area contributed by atoms with Crippen molar-refractivity contribution in [3.05, 3.63) is 218 Å². The van der Waals surface area contributed by atoms with Crippen molar-refractivity contribution in [2.24, 2.45) is 0 Å². The molecule has 1 aliphatic heterocycles. The predicted octanol–water partition coefficient (Wildman–Crippen LogP) is 15.5. The molecule has 7 heterocycles. The zero-order valence-electron chi connectivity index (χ0n) is 38.4. The minimum atomic E-state index is -0.216. The number of hydrogen-bond donors (Lipinski definition) is 0. The van der Waals surface area contributed by atoms with Crippen LogP contribution < -0.4 is 4.74 Å². The van der Waals surface area contributed by atoms with Gasteiger partial charge in [0.1, 0.15) is 5.82 Å². The molecule has 6 aromatic heterocycles. The zero-order chi connectivity index (χ0) is 46.0. The summed E-state index contributed by atoms with van der Waals surface area (Å²) in [6, 6.07) is 74.7. The van der Waals surface area contributed by atoms with E-state index in [9.17, 15) is 0 Å². The van der Waals surface area contributed by atoms with E-state index >= 15 is 0 Å². The van der Waals surface area contributed by atoms with E-state index in [0.29, 0.717) is 11.5 Å². The third-order valence-corrected chi connectivity index (χ3v) is 15.2. The Morgan fingerprint density at radius 2 is 1.01 bits per heavy atom. The number of nitrogens with zero attached hydrogens (tertiary/aromatic N) is 6. The van der Waals surface area contributed by atoms with Gasteiger partial charge in [0.2, 0.25) is 0 Å². The SMILES string of the molecule is CC1(C)c2cccnc2-n2c3[c-]c(Oc4[c-]c5c(cc4)c4c6c(c7ccccc7n6-c6ccccc6)c6c(c7ccccc7n6-c6ccccc6)c4n4c6ccccc6nc54)ccc3c3cccc1c32.[Pd+2]. The minimum absolute atomic E-state index is 0. The Morgan fingerprint density at radius 1 is 0.451 bits per heavy atom. The molecule has 0 bridgehead atoms. The van der Waals surface area contributed by atoms with Crippen molar-refractivity contribution in [1.29, 1.82) is 0 Å². The van der Waals surface area contributed by atoms with Crippen LogP contribution in [0.4, 0.5) is 0 Å². The number of hydrogen-bond acceptors (Lipinski definition) is 3. The molecule has 0 saturated heterocycles. The fourth-order valence-corrected chi connectivity index (χ4v) is 12.3. The number of pyridine rings is 2. The monoisotopic (exact) mass is 1000 g/mol. The van der Waals surface area contributed by atoms with Gasteiger partial charge in [0.05, 0.1) is 38.7 Å². The summed E-state index contributed by atoms with van der Waals surface area (Å²) in [5, 5.41) is 10.0. The van der Waals surface area contributed by atoms with Crippen molar-refractivity contribution < 1.29 is 25.2 Å². The van der Waals surface area contributed by atoms with Crippen molar-refractivity contribution in [1.82, 2.24) is 28.1 Å². The average molecular weight is 1000 g/mol. The Bertz CT molecular complexity index is 4770. The fourth-order valence-electron chi connectivity index (χ4n) is 12.3. The van der Waals surface area contributed by atoms with Gasteiger partial charge in [-0.15, -0.1) is 29.7 Å². The Balaban J connectivity index is 0.00000452. The van der Waals surface area contributed by atoms with E-state index in [1.807, 2.05) is 18.3 Å². The molecular formula is C63H38N6OPd. The van der Waals surface area contributed by atoms with Gasteiger partial charge in [0.15, 0.2) is 0 Å². The van der Waals surface area contributed by atoms with Crippen LogP contribution in [0.1, 0.15) is 25.0 Å². The van der Waals surface area contributed by atoms with Crippen LogP contribution in [-0.2, 0) is 25.8 Å². The maximum atomic E-state index is 6.92. The minimum Gasteiger partial charge on any atom is -0.503 e. The summed E-state index contributed by atoms with van der Waals surface area (Å²) in [7, 11) is 0. The molecule has 0 saturated carbocycles. The molecule has 336 valence electrons. The molecule has 1 aliphatic rings. The molecular weight excluding hydrogens is 963 g/mol. The van der Waals surface area contributed by atoms with E-state index < -0.39 is 0 Å². The van der Waals surface area contributed by atoms with Crippen LogP contribution in [0.25, 0.3) is 121 Å². The normalized spacial score (nSPS) is 13.2. The van der Waals surface area contributed by atoms with Crippen molar-refractivity contribution in [2.75, 3.05) is 0 Å². The van der Waals surface area contributed by atoms with Crippen LogP contribution in [0.3, 0.4) is 0 Å². The van der Waals surface area contributed by atoms with Gasteiger partial charge in [-0.2, -0.15) is 6.07 Å². The van der Waals surface area contributed by atoms with Crippen molar-refractivity contribution in [3.63, 3.8) is 0 Å². The van der Waals surface area contributed by atoms with E-state index in [4.69, 9.17) is 14.7 Å². The molecule has 0 aliphatic carbocycles. The van der Waals surface area contributed by atoms with Crippen LogP contribution in [0, 0.1) is 12.1 Å². The largest absolute Gasteiger partial charge is 2.00 e. The zero-order valence-corrected chi connectivity index (χ0v) is 39.9. The van der Waals surface area contributed by atoms with Gasteiger partial charge in [-0.3, -0.25) is 4.98 Å². The molecule has 8 heteroatoms. The number of benzene rings is 9. The first-order valence-corrected chi connectivity index (χ1v) is 23.8. The molecule has 0 radical (unpaired) electrons. The van der Waals surface area contributed by atoms with Gasteiger partial charge in [-0.1, -0.05) is 145 Å². The molecule has 16 rings (SSSR count). The number of aromatic nitrogens is 6. The van der Waals surface area contributed by atoms with Crippen LogP contribution in [0.2, 0.25) is 0 Å². The van der Waals surface area contributed by atoms with E-state index in [-0.39, 0.29) is 25.8 Å². The van der Waals surface area contributed by atoms with Crippen molar-refractivity contribution in [2.45, 2.75) is 19.3 Å². The first-order chi connectivity index (χ1) is 34.5. The molecule has 7 nitrogen and oxygen atoms in total. The summed E-state index contributed by atoms with van der Waals surface area (Å²) in [4.78, 5) is 10.5. The molecule has 0 spiro atoms. The molecule has 71 heavy (non-hydrogen) atoms. The van der Waals surface area contributed by atoms with Crippen LogP contribution in [0.5, 0.6) is 11.5 Å². The second kappa shape index (κ2) is 14.5. The second-order valence-corrected chi connectivity index (χ2v) is 19.1. The number of fused-ring (bicyclic) bond motifs is 22. The number of rotatable bonds is 4. The smallest absolute Gasteiger partial charge is 0.503 e. The van der Waals surface area contributed by atoms with Crippen LogP contribution in [0.15, 0.2) is 194 Å². The molecule has 9 aromatic carbocycles. The summed E-state index contributed by atoms with van der Waals surface area (Å²) in [6.07, 6.45) is 1.88. The first-order valence-electron chi connectivity index (χ1n) is 23.8. The molecule has 0 amide bonds. The van der Waals surface area contributed by atoms with E-state index in [1.165, 1.54) is 43.6 Å². The maximum absolute atomic E-state index is 6.92. The summed E-state index contributed by atoms with van der Waals surface area (Å²) in [5.74, 6) is 2.10. The molecule has 0 N–H and O–H groups in total. The Labute approximate surface area is 420 Å². The molecule has 0 fully saturated rings. The summed E-state index contributed by atoms with van der Waals surface area (Å²) in [5.41, 5.74) is 14.9. The van der Waals surface area contributed by atoms with Crippen LogP contribution >= 0.6 is 0 Å². The van der Waals surface area contributed by atoms with Crippen molar-refractivity contribution in [3.8, 4) is 28.7 Å². The number of para-hydroxylation sites is 7. The van der Waals surface area contributed by atoms with Gasteiger partial charge in [-0.05, 0) is 70.9 Å². The van der Waals surface area contributed by atoms with Crippen LogP contribution in [-0.4, -0.2) is 28.1 Å². The Kier molecular flexibility index (Phi) is 8.24. The van der Waals surface area contributed by atoms with E-state index in [2.05, 4.69) is 220 Å². The molecule has 0 atom stereocenters. The predicted molar refractivity (Wildman–Crippen MR) is 285 cm³/mol. The topological polar surface area (TPSA) is 54.2 Å². The summed E-state index contributed by atoms with van der Waals surface area (Å²) in [6.45, 7) is 4.58. The first kappa shape index (κ1) is 40.4. The summed E-state index contributed by atoms with van der Waals surface area (Å²) < 4.78 is 16.5. The van der Waals surface area contributed by atoms with Gasteiger partial charge in [-0.25, -0.2) is 4.98 Å². The van der Waals surface area contributed by atoms with Gasteiger partial charge >= 0.3 is 20.4 Å². The quantitative estimate of drug-likeness (QED) is 0.100. The van der Waals surface area contributed by atoms with Gasteiger partial charge in [0.25, 0.3) is 0 Å². The maximum Gasteiger partial charge on any atom is 2.00 e. The third-order valence-electron chi connectivity index (χ3n) is 15.2. The fraction of sp³-hybridized carbons (Fsp3) is 0.0476. The number of imidazole rings is 1. The van der Waals surface area contributed by atoms with Gasteiger partial charge in [0, 0.05) is 72.6 Å². The van der Waals surface area contributed by atoms with E-state index in [1.54, 1.807) is 0 Å². The third kappa shape index (κ3) is 5.25. The molecule has 0 unspecified atom stereocenters. The van der Waals surface area contributed by atoms with Crippen molar-refractivity contribution >= 4 is 104 Å². The van der Waals surface area contributed by atoms with Gasteiger partial charge < -0.3 is 22.8 Å². The standard InChI is InChI=1S/C63H38N6O.Pd/c1-63(2)47-24-15-23-43-41-32-30-40(36-53(41)69(57(43)47)62-48(63)25-16-34-64-62)70-39-31-33-42-46(35-39)61-65-49-26-11-14-29-52(49)68(61)60-54(42)58-55(44-21-9-12-27-50(44)66(58)37-17-5-3-6-18-37)59-56(60)45-22-10-13-28-51(45)67(59)38-19-7-4-8-20-38;/h3-34H,1-2H3;/q-2;+2. The Morgan fingerprint density at radius 3 is 1.72 bits per heavy atom. The molecule has 15 aromatic rings. The number of ether oxygens (including phenoxy) is 1. The Hall–Kier alpha value is -8.54. The second-order valence-electron chi connectivity index (χ2n) is 19.1. The summed E-state index contributed by atoms with van der Waals surface area (Å²) >= 11 is 0. The van der Waals surface area contributed by atoms with E-state index in [0.717, 1.165) is 88.5 Å².